The van der Waals surface area contributed by atoms with E-state index in [1.807, 2.05) is 0 Å². The van der Waals surface area contributed by atoms with Crippen LogP contribution in [-0.2, 0) is 9.53 Å². The van der Waals surface area contributed by atoms with Crippen molar-refractivity contribution in [2.75, 3.05) is 13.2 Å². The monoisotopic (exact) mass is 375 g/mol. The van der Waals surface area contributed by atoms with Gasteiger partial charge in [-0.1, -0.05) is 0 Å². The third-order valence-corrected chi connectivity index (χ3v) is 3.78. The van der Waals surface area contributed by atoms with E-state index in [0.717, 1.165) is 0 Å². The van der Waals surface area contributed by atoms with Crippen LogP contribution in [-0.4, -0.2) is 34.7 Å². The SMILES string of the molecule is CCOC(=O)CNC(C(=O)c1ccc(F)cc1)c1ccc(=O)n(C(C)C)n1. The van der Waals surface area contributed by atoms with Gasteiger partial charge in [-0.3, -0.25) is 19.7 Å². The van der Waals surface area contributed by atoms with Crippen molar-refractivity contribution in [1.29, 1.82) is 0 Å². The Hall–Kier alpha value is -2.87. The Bertz CT molecular complexity index is 862. The number of ketones is 1. The van der Waals surface area contributed by atoms with Crippen LogP contribution in [0.1, 0.15) is 48.9 Å². The lowest BCUT2D eigenvalue weighted by Crippen LogP contribution is -2.36. The average molecular weight is 375 g/mol. The van der Waals surface area contributed by atoms with Gasteiger partial charge in [-0.15, -0.1) is 0 Å². The minimum atomic E-state index is -0.995. The fraction of sp³-hybridized carbons (Fsp3) is 0.368. The van der Waals surface area contributed by atoms with Crippen LogP contribution in [0.25, 0.3) is 0 Å². The van der Waals surface area contributed by atoms with Crippen LogP contribution in [0.15, 0.2) is 41.2 Å². The van der Waals surface area contributed by atoms with Gasteiger partial charge in [0.25, 0.3) is 5.56 Å². The standard InChI is InChI=1S/C19H22FN3O4/c1-4-27-17(25)11-21-18(19(26)13-5-7-14(20)8-6-13)15-9-10-16(24)23(22-15)12(2)3/h5-10,12,18,21H,4,11H2,1-3H3. The molecular formula is C19H22FN3O4. The number of Topliss-reactive ketones (excluding diaryl/α,β-unsaturated/α-hetero) is 1. The Kier molecular flexibility index (Phi) is 6.95. The molecule has 27 heavy (non-hydrogen) atoms. The summed E-state index contributed by atoms with van der Waals surface area (Å²) in [6.07, 6.45) is 0. The molecule has 144 valence electrons. The smallest absolute Gasteiger partial charge is 0.319 e. The van der Waals surface area contributed by atoms with Crippen molar-refractivity contribution in [3.8, 4) is 0 Å². The Balaban J connectivity index is 2.38. The number of esters is 1. The first-order chi connectivity index (χ1) is 12.8. The van der Waals surface area contributed by atoms with E-state index >= 15 is 0 Å². The largest absolute Gasteiger partial charge is 0.465 e. The molecule has 8 heteroatoms. The average Bonchev–Trinajstić information content (AvgIpc) is 2.63. The zero-order valence-electron chi connectivity index (χ0n) is 15.4. The van der Waals surface area contributed by atoms with E-state index < -0.39 is 23.6 Å². The highest BCUT2D eigenvalue weighted by Crippen LogP contribution is 2.17. The maximum Gasteiger partial charge on any atom is 0.319 e. The van der Waals surface area contributed by atoms with Crippen LogP contribution in [0.3, 0.4) is 0 Å². The lowest BCUT2D eigenvalue weighted by atomic mass is 10.0. The van der Waals surface area contributed by atoms with Crippen LogP contribution in [0.4, 0.5) is 4.39 Å². The first-order valence-corrected chi connectivity index (χ1v) is 8.62. The van der Waals surface area contributed by atoms with Crippen LogP contribution < -0.4 is 10.9 Å². The molecule has 1 atom stereocenters. The summed E-state index contributed by atoms with van der Waals surface area (Å²) in [4.78, 5) is 36.6. The molecule has 2 rings (SSSR count). The second kappa shape index (κ2) is 9.18. The van der Waals surface area contributed by atoms with Gasteiger partial charge in [-0.2, -0.15) is 5.10 Å². The number of rotatable bonds is 8. The molecule has 1 aromatic heterocycles. The van der Waals surface area contributed by atoms with Crippen molar-refractivity contribution in [1.82, 2.24) is 15.1 Å². The van der Waals surface area contributed by atoms with Crippen LogP contribution >= 0.6 is 0 Å². The van der Waals surface area contributed by atoms with Crippen LogP contribution in [0.5, 0.6) is 0 Å². The molecule has 0 fully saturated rings. The first kappa shape index (κ1) is 20.4. The Morgan fingerprint density at radius 2 is 1.85 bits per heavy atom. The summed E-state index contributed by atoms with van der Waals surface area (Å²) in [5.41, 5.74) is 0.232. The number of hydrogen-bond donors (Lipinski definition) is 1. The number of ether oxygens (including phenoxy) is 1. The van der Waals surface area contributed by atoms with Gasteiger partial charge in [0.2, 0.25) is 0 Å². The number of halogens is 1. The number of hydrogen-bond acceptors (Lipinski definition) is 6. The van der Waals surface area contributed by atoms with E-state index in [2.05, 4.69) is 10.4 Å². The molecule has 0 aliphatic heterocycles. The molecule has 2 aromatic rings. The summed E-state index contributed by atoms with van der Waals surface area (Å²) < 4.78 is 19.3. The molecule has 1 N–H and O–H groups in total. The maximum absolute atomic E-state index is 13.2. The number of aromatic nitrogens is 2. The molecule has 1 aromatic carbocycles. The molecular weight excluding hydrogens is 353 g/mol. The van der Waals surface area contributed by atoms with Crippen molar-refractivity contribution in [3.05, 3.63) is 63.8 Å². The van der Waals surface area contributed by atoms with Gasteiger partial charge < -0.3 is 4.74 Å². The van der Waals surface area contributed by atoms with Gasteiger partial charge in [0, 0.05) is 11.6 Å². The molecule has 0 aliphatic rings. The highest BCUT2D eigenvalue weighted by Gasteiger charge is 2.25. The maximum atomic E-state index is 13.2. The van der Waals surface area contributed by atoms with Gasteiger partial charge in [-0.25, -0.2) is 9.07 Å². The summed E-state index contributed by atoms with van der Waals surface area (Å²) >= 11 is 0. The van der Waals surface area contributed by atoms with E-state index in [9.17, 15) is 18.8 Å². The second-order valence-electron chi connectivity index (χ2n) is 6.12. The first-order valence-electron chi connectivity index (χ1n) is 8.62. The van der Waals surface area contributed by atoms with Crippen molar-refractivity contribution < 1.29 is 18.7 Å². The third-order valence-electron chi connectivity index (χ3n) is 3.78. The normalized spacial score (nSPS) is 12.0. The van der Waals surface area contributed by atoms with Gasteiger partial charge in [0.15, 0.2) is 5.78 Å². The van der Waals surface area contributed by atoms with Gasteiger partial charge in [0.1, 0.15) is 11.9 Å². The molecule has 1 unspecified atom stereocenters. The number of nitrogens with one attached hydrogen (secondary N) is 1. The Labute approximate surface area is 156 Å². The number of carbonyl (C=O) groups is 2. The fourth-order valence-electron chi connectivity index (χ4n) is 2.47. The van der Waals surface area contributed by atoms with Crippen molar-refractivity contribution in [2.45, 2.75) is 32.9 Å². The molecule has 0 aliphatic carbocycles. The lowest BCUT2D eigenvalue weighted by molar-refractivity contribution is -0.142. The van der Waals surface area contributed by atoms with Crippen LogP contribution in [0.2, 0.25) is 0 Å². The quantitative estimate of drug-likeness (QED) is 0.561. The fourth-order valence-corrected chi connectivity index (χ4v) is 2.47. The topological polar surface area (TPSA) is 90.3 Å². The Morgan fingerprint density at radius 1 is 1.19 bits per heavy atom. The molecule has 0 bridgehead atoms. The lowest BCUT2D eigenvalue weighted by Gasteiger charge is -2.19. The van der Waals surface area contributed by atoms with E-state index in [1.165, 1.54) is 41.1 Å². The minimum Gasteiger partial charge on any atom is -0.465 e. The molecule has 0 saturated carbocycles. The minimum absolute atomic E-state index is 0.205. The zero-order chi connectivity index (χ0) is 20.0. The number of nitrogens with zero attached hydrogens (tertiary/aromatic N) is 2. The van der Waals surface area contributed by atoms with Crippen molar-refractivity contribution in [3.63, 3.8) is 0 Å². The highest BCUT2D eigenvalue weighted by atomic mass is 19.1. The molecule has 0 spiro atoms. The number of carbonyl (C=O) groups excluding carboxylic acids is 2. The molecule has 0 amide bonds. The Morgan fingerprint density at radius 3 is 2.44 bits per heavy atom. The van der Waals surface area contributed by atoms with E-state index in [4.69, 9.17) is 4.74 Å². The van der Waals surface area contributed by atoms with E-state index in [1.54, 1.807) is 20.8 Å². The molecule has 0 saturated heterocycles. The molecule has 7 nitrogen and oxygen atoms in total. The summed E-state index contributed by atoms with van der Waals surface area (Å²) in [5, 5.41) is 7.08. The third kappa shape index (κ3) is 5.30. The van der Waals surface area contributed by atoms with Gasteiger partial charge >= 0.3 is 5.97 Å². The molecule has 0 radical (unpaired) electrons. The van der Waals surface area contributed by atoms with Crippen LogP contribution in [0, 0.1) is 5.82 Å². The summed E-state index contributed by atoms with van der Waals surface area (Å²) in [6.45, 7) is 5.27. The summed E-state index contributed by atoms with van der Waals surface area (Å²) in [6, 6.07) is 6.63. The molecule has 1 heterocycles. The number of benzene rings is 1. The van der Waals surface area contributed by atoms with Crippen molar-refractivity contribution in [2.24, 2.45) is 0 Å². The highest BCUT2D eigenvalue weighted by molar-refractivity contribution is 6.00. The summed E-state index contributed by atoms with van der Waals surface area (Å²) in [7, 11) is 0. The van der Waals surface area contributed by atoms with E-state index in [-0.39, 0.29) is 36.0 Å². The van der Waals surface area contributed by atoms with Gasteiger partial charge in [-0.05, 0) is 51.1 Å². The second-order valence-corrected chi connectivity index (χ2v) is 6.12. The van der Waals surface area contributed by atoms with Crippen molar-refractivity contribution >= 4 is 11.8 Å². The van der Waals surface area contributed by atoms with Gasteiger partial charge in [0.05, 0.1) is 24.9 Å². The van der Waals surface area contributed by atoms with E-state index in [0.29, 0.717) is 0 Å². The predicted octanol–water partition coefficient (Wildman–Crippen LogP) is 2.04. The summed E-state index contributed by atoms with van der Waals surface area (Å²) in [5.74, 6) is -1.39. The zero-order valence-corrected chi connectivity index (χ0v) is 15.4. The predicted molar refractivity (Wildman–Crippen MR) is 97.0 cm³/mol.